The van der Waals surface area contributed by atoms with Crippen molar-refractivity contribution in [3.8, 4) is 11.8 Å². The molecule has 0 fully saturated rings. The lowest BCUT2D eigenvalue weighted by Crippen LogP contribution is -1.84. The van der Waals surface area contributed by atoms with Gasteiger partial charge >= 0.3 is 0 Å². The molecule has 0 amide bonds. The van der Waals surface area contributed by atoms with Crippen LogP contribution in [-0.4, -0.2) is 13.3 Å². The fourth-order valence-corrected chi connectivity index (χ4v) is 2.61. The maximum absolute atomic E-state index is 9.14. The summed E-state index contributed by atoms with van der Waals surface area (Å²) >= 11 is 1.55. The Balaban J connectivity index is 2.27. The highest BCUT2D eigenvalue weighted by molar-refractivity contribution is 7.16. The molecule has 0 saturated heterocycles. The van der Waals surface area contributed by atoms with Gasteiger partial charge < -0.3 is 4.74 Å². The fraction of sp³-hybridized carbons (Fsp3) is 0.200. The first-order valence-electron chi connectivity index (χ1n) is 5.84. The molecule has 2 rings (SSSR count). The second kappa shape index (κ2) is 5.68. The Morgan fingerprint density at radius 3 is 2.53 bits per heavy atom. The van der Waals surface area contributed by atoms with Crippen LogP contribution in [0.15, 0.2) is 29.3 Å². The van der Waals surface area contributed by atoms with Crippen molar-refractivity contribution in [2.75, 3.05) is 7.11 Å². The molecule has 0 bridgehead atoms. The Kier molecular flexibility index (Phi) is 3.98. The van der Waals surface area contributed by atoms with E-state index in [9.17, 15) is 0 Å². The predicted octanol–water partition coefficient (Wildman–Crippen LogP) is 4.00. The fourth-order valence-electron chi connectivity index (χ4n) is 1.65. The Labute approximate surface area is 116 Å². The number of benzene rings is 1. The molecule has 0 unspecified atom stereocenters. The maximum Gasteiger partial charge on any atom is 0.134 e. The third kappa shape index (κ3) is 2.83. The topological polar surface area (TPSA) is 45.4 Å². The number of methoxy groups -OCH3 is 1. The summed E-state index contributed by atoms with van der Waals surface area (Å²) in [5.41, 5.74) is 2.68. The van der Waals surface area contributed by atoms with Gasteiger partial charge in [0.25, 0.3) is 0 Å². The lowest BCUT2D eigenvalue weighted by atomic mass is 10.2. The van der Waals surface area contributed by atoms with Gasteiger partial charge in [0.2, 0.25) is 0 Å². The Hall–Kier alpha value is -2.12. The van der Waals surface area contributed by atoms with Gasteiger partial charge in [0, 0.05) is 11.1 Å². The van der Waals surface area contributed by atoms with E-state index in [0.29, 0.717) is 5.56 Å². The van der Waals surface area contributed by atoms with E-state index in [2.05, 4.69) is 11.1 Å². The first-order chi connectivity index (χ1) is 9.15. The number of aliphatic imine (C=N–C) groups is 1. The van der Waals surface area contributed by atoms with Crippen LogP contribution in [0.2, 0.25) is 0 Å². The van der Waals surface area contributed by atoms with E-state index >= 15 is 0 Å². The van der Waals surface area contributed by atoms with Crippen LogP contribution in [0.3, 0.4) is 0 Å². The molecule has 0 spiro atoms. The van der Waals surface area contributed by atoms with E-state index in [4.69, 9.17) is 10.00 Å². The predicted molar refractivity (Wildman–Crippen MR) is 78.8 cm³/mol. The zero-order valence-electron chi connectivity index (χ0n) is 11.1. The van der Waals surface area contributed by atoms with Gasteiger partial charge in [0.1, 0.15) is 16.8 Å². The molecule has 0 aliphatic carbocycles. The van der Waals surface area contributed by atoms with Crippen molar-refractivity contribution in [1.82, 2.24) is 0 Å². The van der Waals surface area contributed by atoms with Gasteiger partial charge in [-0.2, -0.15) is 5.26 Å². The minimum Gasteiger partial charge on any atom is -0.497 e. The monoisotopic (exact) mass is 270 g/mol. The molecule has 1 heterocycles. The molecule has 0 N–H and O–H groups in total. The van der Waals surface area contributed by atoms with E-state index in [-0.39, 0.29) is 0 Å². The van der Waals surface area contributed by atoms with Crippen molar-refractivity contribution in [2.24, 2.45) is 4.99 Å². The van der Waals surface area contributed by atoms with Crippen LogP contribution >= 0.6 is 11.3 Å². The molecule has 0 radical (unpaired) electrons. The van der Waals surface area contributed by atoms with Crippen LogP contribution in [0.1, 0.15) is 21.6 Å². The number of thiophene rings is 1. The summed E-state index contributed by atoms with van der Waals surface area (Å²) < 4.78 is 5.10. The Morgan fingerprint density at radius 1 is 1.26 bits per heavy atom. The SMILES string of the molecule is COc1ccc(/C=N/c2sc(C)c(C)c2C#N)cc1. The van der Waals surface area contributed by atoms with Crippen molar-refractivity contribution in [3.63, 3.8) is 0 Å². The third-order valence-electron chi connectivity index (χ3n) is 2.93. The largest absolute Gasteiger partial charge is 0.497 e. The standard InChI is InChI=1S/C15H14N2OS/c1-10-11(2)19-15(14(10)8-16)17-9-12-4-6-13(18-3)7-5-12/h4-7,9H,1-3H3/b17-9+. The van der Waals surface area contributed by atoms with Gasteiger partial charge in [-0.3, -0.25) is 0 Å². The molecule has 4 heteroatoms. The number of ether oxygens (including phenoxy) is 1. The summed E-state index contributed by atoms with van der Waals surface area (Å²) in [4.78, 5) is 5.55. The highest BCUT2D eigenvalue weighted by atomic mass is 32.1. The average Bonchev–Trinajstić information content (AvgIpc) is 2.72. The Bertz CT molecular complexity index is 648. The molecule has 1 aromatic heterocycles. The van der Waals surface area contributed by atoms with Gasteiger partial charge in [-0.25, -0.2) is 4.99 Å². The number of nitrogens with zero attached hydrogens (tertiary/aromatic N) is 2. The molecule has 0 aliphatic heterocycles. The van der Waals surface area contributed by atoms with Crippen molar-refractivity contribution in [3.05, 3.63) is 45.8 Å². The number of rotatable bonds is 3. The van der Waals surface area contributed by atoms with Crippen LogP contribution in [0.5, 0.6) is 5.75 Å². The second-order valence-corrected chi connectivity index (χ2v) is 5.31. The van der Waals surface area contributed by atoms with E-state index in [0.717, 1.165) is 26.8 Å². The van der Waals surface area contributed by atoms with Crippen LogP contribution in [0.25, 0.3) is 0 Å². The van der Waals surface area contributed by atoms with Gasteiger partial charge in [-0.15, -0.1) is 11.3 Å². The first-order valence-corrected chi connectivity index (χ1v) is 6.65. The lowest BCUT2D eigenvalue weighted by Gasteiger charge is -1.98. The third-order valence-corrected chi connectivity index (χ3v) is 4.04. The quantitative estimate of drug-likeness (QED) is 0.791. The van der Waals surface area contributed by atoms with Crippen molar-refractivity contribution in [1.29, 1.82) is 5.26 Å². The normalized spacial score (nSPS) is 10.6. The maximum atomic E-state index is 9.14. The number of hydrogen-bond donors (Lipinski definition) is 0. The van der Waals surface area contributed by atoms with Crippen molar-refractivity contribution < 1.29 is 4.74 Å². The zero-order chi connectivity index (χ0) is 13.8. The lowest BCUT2D eigenvalue weighted by molar-refractivity contribution is 0.415. The van der Waals surface area contributed by atoms with Crippen LogP contribution in [-0.2, 0) is 0 Å². The van der Waals surface area contributed by atoms with Gasteiger partial charge in [-0.05, 0) is 49.2 Å². The summed E-state index contributed by atoms with van der Waals surface area (Å²) in [6.45, 7) is 3.96. The first kappa shape index (κ1) is 13.3. The van der Waals surface area contributed by atoms with E-state index in [1.54, 1.807) is 24.7 Å². The Morgan fingerprint density at radius 2 is 1.95 bits per heavy atom. The zero-order valence-corrected chi connectivity index (χ0v) is 11.9. The molecular formula is C15H14N2OS. The van der Waals surface area contributed by atoms with E-state index in [1.807, 2.05) is 38.1 Å². The van der Waals surface area contributed by atoms with Crippen molar-refractivity contribution in [2.45, 2.75) is 13.8 Å². The second-order valence-electron chi connectivity index (χ2n) is 4.11. The minimum atomic E-state index is 0.673. The summed E-state index contributed by atoms with van der Waals surface area (Å²) in [7, 11) is 1.64. The summed E-state index contributed by atoms with van der Waals surface area (Å²) in [5.74, 6) is 0.817. The smallest absolute Gasteiger partial charge is 0.134 e. The van der Waals surface area contributed by atoms with Gasteiger partial charge in [-0.1, -0.05) is 0 Å². The van der Waals surface area contributed by atoms with Crippen LogP contribution < -0.4 is 4.74 Å². The summed E-state index contributed by atoms with van der Waals surface area (Å²) in [5, 5.41) is 9.92. The molecule has 0 atom stereocenters. The van der Waals surface area contributed by atoms with Crippen molar-refractivity contribution >= 4 is 22.6 Å². The van der Waals surface area contributed by atoms with Crippen LogP contribution in [0, 0.1) is 25.2 Å². The molecule has 0 saturated carbocycles. The molecule has 2 aromatic rings. The molecule has 3 nitrogen and oxygen atoms in total. The molecule has 0 aliphatic rings. The summed E-state index contributed by atoms with van der Waals surface area (Å²) in [6.07, 6.45) is 1.77. The average molecular weight is 270 g/mol. The van der Waals surface area contributed by atoms with E-state index < -0.39 is 0 Å². The summed E-state index contributed by atoms with van der Waals surface area (Å²) in [6, 6.07) is 9.85. The van der Waals surface area contributed by atoms with Gasteiger partial charge in [0.05, 0.1) is 12.7 Å². The molecule has 19 heavy (non-hydrogen) atoms. The number of nitriles is 1. The molecular weight excluding hydrogens is 256 g/mol. The van der Waals surface area contributed by atoms with Gasteiger partial charge in [0.15, 0.2) is 0 Å². The number of aryl methyl sites for hydroxylation is 1. The minimum absolute atomic E-state index is 0.673. The van der Waals surface area contributed by atoms with Crippen LogP contribution in [0.4, 0.5) is 5.00 Å². The van der Waals surface area contributed by atoms with E-state index in [1.165, 1.54) is 0 Å². The number of hydrogen-bond acceptors (Lipinski definition) is 4. The molecule has 96 valence electrons. The molecule has 1 aromatic carbocycles. The highest BCUT2D eigenvalue weighted by Gasteiger charge is 2.10. The highest BCUT2D eigenvalue weighted by Crippen LogP contribution is 2.33.